The number of aliphatic hydroxyl groups is 1. The minimum absolute atomic E-state index is 0.0468. The maximum Gasteiger partial charge on any atom is 0.253 e. The average molecular weight is 478 g/mol. The van der Waals surface area contributed by atoms with Gasteiger partial charge in [0.2, 0.25) is 5.95 Å². The third-order valence-electron chi connectivity index (χ3n) is 6.71. The molecule has 1 amide bonds. The molecule has 5 rings (SSSR count). The van der Waals surface area contributed by atoms with Gasteiger partial charge in [-0.05, 0) is 49.8 Å². The van der Waals surface area contributed by atoms with E-state index in [1.807, 2.05) is 23.0 Å². The molecule has 35 heavy (non-hydrogen) atoms. The molecule has 1 aliphatic heterocycles. The second-order valence-corrected chi connectivity index (χ2v) is 9.19. The van der Waals surface area contributed by atoms with Gasteiger partial charge in [-0.2, -0.15) is 5.10 Å². The maximum absolute atomic E-state index is 12.9. The Morgan fingerprint density at radius 3 is 2.77 bits per heavy atom. The Bertz CT molecular complexity index is 1190. The van der Waals surface area contributed by atoms with Gasteiger partial charge < -0.3 is 25.8 Å². The van der Waals surface area contributed by atoms with Gasteiger partial charge in [-0.25, -0.2) is 9.97 Å². The predicted molar refractivity (Wildman–Crippen MR) is 131 cm³/mol. The SMILES string of the molecule is COc1cnc(Nc2cccc(C(=O)N3CCC(O)CC3)c2)nc1-c1cnn(C(CN)C2CC2)c1. The largest absolute Gasteiger partial charge is 0.493 e. The Balaban J connectivity index is 1.35. The standard InChI is InChI=1S/C25H31N7O3/c1-35-22-14-27-25(30-23(22)18-13-28-32(15-18)21(12-26)16-5-6-16)29-19-4-2-3-17(11-19)24(34)31-9-7-20(33)8-10-31/h2-4,11,13-16,20-21,33H,5-10,12,26H2,1H3,(H,27,29,30). The molecular formula is C25H31N7O3. The lowest BCUT2D eigenvalue weighted by atomic mass is 10.1. The third-order valence-corrected chi connectivity index (χ3v) is 6.71. The first kappa shape index (κ1) is 23.3. The van der Waals surface area contributed by atoms with Crippen LogP contribution in [0, 0.1) is 5.92 Å². The van der Waals surface area contributed by atoms with Gasteiger partial charge in [0.1, 0.15) is 5.69 Å². The number of anilines is 2. The monoisotopic (exact) mass is 477 g/mol. The Morgan fingerprint density at radius 1 is 1.26 bits per heavy atom. The van der Waals surface area contributed by atoms with Crippen molar-refractivity contribution in [2.75, 3.05) is 32.1 Å². The molecule has 1 saturated carbocycles. The Morgan fingerprint density at radius 2 is 2.06 bits per heavy atom. The molecule has 10 heteroatoms. The molecule has 0 bridgehead atoms. The van der Waals surface area contributed by atoms with Crippen LogP contribution in [0.2, 0.25) is 0 Å². The van der Waals surface area contributed by atoms with Gasteiger partial charge in [-0.1, -0.05) is 6.07 Å². The van der Waals surface area contributed by atoms with Gasteiger partial charge in [0.15, 0.2) is 5.75 Å². The normalized spacial score (nSPS) is 17.3. The van der Waals surface area contributed by atoms with Crippen molar-refractivity contribution in [1.82, 2.24) is 24.6 Å². The first-order valence-electron chi connectivity index (χ1n) is 12.1. The predicted octanol–water partition coefficient (Wildman–Crippen LogP) is 2.60. The van der Waals surface area contributed by atoms with Crippen molar-refractivity contribution >= 4 is 17.5 Å². The number of aliphatic hydroxyl groups excluding tert-OH is 1. The number of aromatic nitrogens is 4. The fourth-order valence-electron chi connectivity index (χ4n) is 4.54. The van der Waals surface area contributed by atoms with E-state index >= 15 is 0 Å². The maximum atomic E-state index is 12.9. The van der Waals surface area contributed by atoms with E-state index in [1.165, 1.54) is 12.8 Å². The van der Waals surface area contributed by atoms with Crippen LogP contribution >= 0.6 is 0 Å². The van der Waals surface area contributed by atoms with E-state index in [9.17, 15) is 9.90 Å². The second kappa shape index (κ2) is 10.0. The highest BCUT2D eigenvalue weighted by molar-refractivity contribution is 5.95. The van der Waals surface area contributed by atoms with Gasteiger partial charge >= 0.3 is 0 Å². The molecule has 184 valence electrons. The molecule has 1 saturated heterocycles. The lowest BCUT2D eigenvalue weighted by Crippen LogP contribution is -2.40. The van der Waals surface area contributed by atoms with Crippen molar-refractivity contribution in [3.63, 3.8) is 0 Å². The first-order chi connectivity index (χ1) is 17.1. The molecule has 0 radical (unpaired) electrons. The summed E-state index contributed by atoms with van der Waals surface area (Å²) >= 11 is 0. The van der Waals surface area contributed by atoms with Crippen LogP contribution in [0.1, 0.15) is 42.1 Å². The number of ether oxygens (including phenoxy) is 1. The van der Waals surface area contributed by atoms with Gasteiger partial charge in [-0.15, -0.1) is 0 Å². The lowest BCUT2D eigenvalue weighted by molar-refractivity contribution is 0.0546. The van der Waals surface area contributed by atoms with Crippen LogP contribution < -0.4 is 15.8 Å². The number of hydrogen-bond acceptors (Lipinski definition) is 8. The summed E-state index contributed by atoms with van der Waals surface area (Å²) in [5.41, 5.74) is 8.72. The third kappa shape index (κ3) is 5.13. The van der Waals surface area contributed by atoms with Crippen molar-refractivity contribution in [1.29, 1.82) is 0 Å². The number of amides is 1. The molecule has 2 fully saturated rings. The van der Waals surface area contributed by atoms with Crippen LogP contribution in [0.5, 0.6) is 5.75 Å². The number of nitrogens with zero attached hydrogens (tertiary/aromatic N) is 5. The second-order valence-electron chi connectivity index (χ2n) is 9.19. The number of nitrogens with two attached hydrogens (primary N) is 1. The minimum Gasteiger partial charge on any atom is -0.493 e. The number of carbonyl (C=O) groups excluding carboxylic acids is 1. The summed E-state index contributed by atoms with van der Waals surface area (Å²) in [7, 11) is 1.58. The molecule has 3 aromatic rings. The number of benzene rings is 1. The zero-order valence-electron chi connectivity index (χ0n) is 19.8. The molecule has 2 aliphatic rings. The van der Waals surface area contributed by atoms with Gasteiger partial charge in [0.05, 0.1) is 31.6 Å². The number of likely N-dealkylation sites (tertiary alicyclic amines) is 1. The van der Waals surface area contributed by atoms with E-state index < -0.39 is 0 Å². The average Bonchev–Trinajstić information content (AvgIpc) is 3.60. The van der Waals surface area contributed by atoms with Gasteiger partial charge in [0, 0.05) is 42.6 Å². The quantitative estimate of drug-likeness (QED) is 0.451. The summed E-state index contributed by atoms with van der Waals surface area (Å²) in [5.74, 6) is 1.47. The highest BCUT2D eigenvalue weighted by Gasteiger charge is 2.32. The Labute approximate surface area is 204 Å². The van der Waals surface area contributed by atoms with Crippen molar-refractivity contribution in [3.8, 4) is 17.0 Å². The van der Waals surface area contributed by atoms with E-state index in [-0.39, 0.29) is 18.1 Å². The minimum atomic E-state index is -0.324. The molecule has 0 spiro atoms. The number of methoxy groups -OCH3 is 1. The van der Waals surface area contributed by atoms with Crippen LogP contribution in [0.15, 0.2) is 42.9 Å². The Hall–Kier alpha value is -3.50. The zero-order chi connectivity index (χ0) is 24.4. The summed E-state index contributed by atoms with van der Waals surface area (Å²) < 4.78 is 7.43. The fourth-order valence-corrected chi connectivity index (χ4v) is 4.54. The molecule has 10 nitrogen and oxygen atoms in total. The molecule has 1 aromatic carbocycles. The highest BCUT2D eigenvalue weighted by atomic mass is 16.5. The molecule has 1 atom stereocenters. The molecule has 1 aliphatic carbocycles. The van der Waals surface area contributed by atoms with Crippen LogP contribution in [0.3, 0.4) is 0 Å². The van der Waals surface area contributed by atoms with Gasteiger partial charge in [0.25, 0.3) is 5.91 Å². The number of rotatable bonds is 8. The van der Waals surface area contributed by atoms with Crippen molar-refractivity contribution in [2.24, 2.45) is 11.7 Å². The lowest BCUT2D eigenvalue weighted by Gasteiger charge is -2.29. The fraction of sp³-hybridized carbons (Fsp3) is 0.440. The topological polar surface area (TPSA) is 131 Å². The number of hydrogen-bond donors (Lipinski definition) is 3. The first-order valence-corrected chi connectivity index (χ1v) is 12.1. The molecule has 3 heterocycles. The number of carbonyl (C=O) groups is 1. The van der Waals surface area contributed by atoms with E-state index in [1.54, 1.807) is 36.5 Å². The van der Waals surface area contributed by atoms with Crippen molar-refractivity contribution < 1.29 is 14.6 Å². The summed E-state index contributed by atoms with van der Waals surface area (Å²) in [6.45, 7) is 1.66. The van der Waals surface area contributed by atoms with Crippen LogP contribution in [-0.2, 0) is 0 Å². The zero-order valence-corrected chi connectivity index (χ0v) is 19.8. The molecular weight excluding hydrogens is 446 g/mol. The Kier molecular flexibility index (Phi) is 6.65. The van der Waals surface area contributed by atoms with E-state index in [4.69, 9.17) is 10.5 Å². The molecule has 4 N–H and O–H groups in total. The summed E-state index contributed by atoms with van der Waals surface area (Å²) in [4.78, 5) is 23.8. The molecule has 1 unspecified atom stereocenters. The van der Waals surface area contributed by atoms with E-state index in [0.29, 0.717) is 67.0 Å². The van der Waals surface area contributed by atoms with E-state index in [0.717, 1.165) is 5.56 Å². The summed E-state index contributed by atoms with van der Waals surface area (Å²) in [6.07, 6.45) is 8.61. The van der Waals surface area contributed by atoms with Crippen LogP contribution in [0.25, 0.3) is 11.3 Å². The van der Waals surface area contributed by atoms with E-state index in [2.05, 4.69) is 20.4 Å². The number of piperidine rings is 1. The van der Waals surface area contributed by atoms with Crippen molar-refractivity contribution in [3.05, 3.63) is 48.4 Å². The van der Waals surface area contributed by atoms with Crippen molar-refractivity contribution in [2.45, 2.75) is 37.8 Å². The van der Waals surface area contributed by atoms with Crippen LogP contribution in [0.4, 0.5) is 11.6 Å². The summed E-state index contributed by atoms with van der Waals surface area (Å²) in [6, 6.07) is 7.47. The number of nitrogens with one attached hydrogen (secondary N) is 1. The highest BCUT2D eigenvalue weighted by Crippen LogP contribution is 2.39. The summed E-state index contributed by atoms with van der Waals surface area (Å²) in [5, 5.41) is 17.5. The van der Waals surface area contributed by atoms with Gasteiger partial charge in [-0.3, -0.25) is 9.48 Å². The van der Waals surface area contributed by atoms with Crippen LogP contribution in [-0.4, -0.2) is 68.5 Å². The molecule has 2 aromatic heterocycles. The smallest absolute Gasteiger partial charge is 0.253 e.